The zero-order chi connectivity index (χ0) is 17.3. The zero-order valence-corrected chi connectivity index (χ0v) is 20.3. The van der Waals surface area contributed by atoms with Gasteiger partial charge in [-0.1, -0.05) is 68.1 Å². The third-order valence-corrected chi connectivity index (χ3v) is 5.00. The van der Waals surface area contributed by atoms with Crippen LogP contribution in [0.5, 0.6) is 0 Å². The smallest absolute Gasteiger partial charge is 1.00 e. The molecule has 0 amide bonds. The number of nitrogens with zero attached hydrogens (tertiary/aromatic N) is 2. The van der Waals surface area contributed by atoms with Crippen molar-refractivity contribution < 1.29 is 51.0 Å². The second-order valence-electron chi connectivity index (χ2n) is 6.90. The first-order valence-corrected chi connectivity index (χ1v) is 8.33. The van der Waals surface area contributed by atoms with Crippen LogP contribution >= 0.6 is 0 Å². The van der Waals surface area contributed by atoms with E-state index in [0.717, 1.165) is 0 Å². The van der Waals surface area contributed by atoms with Gasteiger partial charge in [-0.25, -0.2) is 5.57 Å². The molecular formula is C22H24Cl2N2Zr. The molecule has 3 aromatic rings. The average Bonchev–Trinajstić information content (AvgIpc) is 3.25. The molecule has 1 aliphatic carbocycles. The zero-order valence-electron chi connectivity index (χ0n) is 16.3. The van der Waals surface area contributed by atoms with Gasteiger partial charge in [-0.2, -0.15) is 11.1 Å². The summed E-state index contributed by atoms with van der Waals surface area (Å²) in [5, 5.41) is 2.54. The van der Waals surface area contributed by atoms with Gasteiger partial charge in [0.25, 0.3) is 0 Å². The van der Waals surface area contributed by atoms with E-state index in [0.29, 0.717) is 0 Å². The van der Waals surface area contributed by atoms with E-state index < -0.39 is 0 Å². The Hall–Kier alpha value is -1.02. The maximum atomic E-state index is 4.05. The van der Waals surface area contributed by atoms with Crippen molar-refractivity contribution in [2.24, 2.45) is 5.41 Å². The molecule has 1 aliphatic rings. The number of allylic oxidation sites excluding steroid dienone is 4. The summed E-state index contributed by atoms with van der Waals surface area (Å²) < 4.78 is 2.03. The fourth-order valence-corrected chi connectivity index (χ4v) is 3.17. The first-order valence-electron chi connectivity index (χ1n) is 8.33. The molecule has 0 atom stereocenters. The molecule has 0 aliphatic heterocycles. The minimum absolute atomic E-state index is 0. The first-order chi connectivity index (χ1) is 11.4. The van der Waals surface area contributed by atoms with E-state index in [1.807, 2.05) is 17.1 Å². The Labute approximate surface area is 194 Å². The SMILES string of the molecule is CC1=[C-]C(C)(C)C(C)=C1C.[Cl-].[Cl-].[Zr+4].c1ccc2c(c1)cc[c-]2-n1ccnc1. The van der Waals surface area contributed by atoms with Gasteiger partial charge < -0.3 is 29.4 Å². The first kappa shape index (κ1) is 26.0. The molecular weight excluding hydrogens is 454 g/mol. The van der Waals surface area contributed by atoms with Crippen molar-refractivity contribution in [1.29, 1.82) is 0 Å². The van der Waals surface area contributed by atoms with Crippen LogP contribution in [0.15, 0.2) is 71.8 Å². The number of imidazole rings is 1. The van der Waals surface area contributed by atoms with Gasteiger partial charge >= 0.3 is 26.2 Å². The maximum Gasteiger partial charge on any atom is 4.00 e. The quantitative estimate of drug-likeness (QED) is 0.446. The van der Waals surface area contributed by atoms with Crippen LogP contribution in [-0.2, 0) is 26.2 Å². The molecule has 2 aromatic carbocycles. The van der Waals surface area contributed by atoms with E-state index >= 15 is 0 Å². The summed E-state index contributed by atoms with van der Waals surface area (Å²) in [6, 6.07) is 12.6. The minimum atomic E-state index is 0. The molecule has 4 rings (SSSR count). The van der Waals surface area contributed by atoms with Crippen LogP contribution in [0, 0.1) is 11.5 Å². The summed E-state index contributed by atoms with van der Waals surface area (Å²) >= 11 is 0. The average molecular weight is 479 g/mol. The van der Waals surface area contributed by atoms with Gasteiger partial charge in [0.2, 0.25) is 0 Å². The van der Waals surface area contributed by atoms with Crippen LogP contribution in [0.25, 0.3) is 16.5 Å². The maximum absolute atomic E-state index is 4.05. The molecule has 140 valence electrons. The normalized spacial score (nSPS) is 14.3. The number of halogens is 2. The van der Waals surface area contributed by atoms with Crippen molar-refractivity contribution in [3.05, 3.63) is 77.9 Å². The van der Waals surface area contributed by atoms with Gasteiger partial charge in [0.05, 0.1) is 0 Å². The monoisotopic (exact) mass is 476 g/mol. The Bertz CT molecular complexity index is 919. The summed E-state index contributed by atoms with van der Waals surface area (Å²) in [7, 11) is 0. The molecule has 0 bridgehead atoms. The Morgan fingerprint density at radius 1 is 1.04 bits per heavy atom. The van der Waals surface area contributed by atoms with Crippen molar-refractivity contribution in [2.75, 3.05) is 0 Å². The van der Waals surface area contributed by atoms with Crippen LogP contribution in [0.4, 0.5) is 0 Å². The summed E-state index contributed by atoms with van der Waals surface area (Å²) in [6.45, 7) is 10.9. The Balaban J connectivity index is 0.000000473. The van der Waals surface area contributed by atoms with Crippen molar-refractivity contribution in [1.82, 2.24) is 9.55 Å². The van der Waals surface area contributed by atoms with E-state index in [-0.39, 0.29) is 56.4 Å². The number of rotatable bonds is 1. The summed E-state index contributed by atoms with van der Waals surface area (Å²) in [4.78, 5) is 4.05. The van der Waals surface area contributed by atoms with Crippen molar-refractivity contribution in [2.45, 2.75) is 34.6 Å². The molecule has 0 fully saturated rings. The summed E-state index contributed by atoms with van der Waals surface area (Å²) in [5.41, 5.74) is 5.59. The Morgan fingerprint density at radius 3 is 2.19 bits per heavy atom. The van der Waals surface area contributed by atoms with Gasteiger partial charge in [0.1, 0.15) is 0 Å². The predicted molar refractivity (Wildman–Crippen MR) is 101 cm³/mol. The van der Waals surface area contributed by atoms with E-state index in [1.165, 1.54) is 33.2 Å². The topological polar surface area (TPSA) is 17.8 Å². The van der Waals surface area contributed by atoms with Gasteiger partial charge in [0.15, 0.2) is 0 Å². The molecule has 0 unspecified atom stereocenters. The van der Waals surface area contributed by atoms with E-state index in [9.17, 15) is 0 Å². The van der Waals surface area contributed by atoms with Gasteiger partial charge in [-0.05, 0) is 11.9 Å². The molecule has 2 nitrogen and oxygen atoms in total. The number of aromatic nitrogens is 2. The van der Waals surface area contributed by atoms with E-state index in [1.54, 1.807) is 6.20 Å². The number of benzene rings is 1. The number of fused-ring (bicyclic) bond motifs is 1. The standard InChI is InChI=1S/C12H9N2.C10H15.2ClH.Zr/c1-2-4-11-10(3-1)5-6-12(11)14-8-7-13-9-14;1-7-6-10(4,5)9(3)8(7)2;;;/h1-9H;1-5H3;2*1H;/q2*-1;;;+4/p-2. The number of hydrogen-bond donors (Lipinski definition) is 0. The van der Waals surface area contributed by atoms with Gasteiger partial charge in [-0.3, -0.25) is 11.1 Å². The third kappa shape index (κ3) is 5.50. The minimum Gasteiger partial charge on any atom is -1.00 e. The fraction of sp³-hybridized carbons (Fsp3) is 0.273. The molecule has 0 saturated carbocycles. The second-order valence-corrected chi connectivity index (χ2v) is 6.90. The van der Waals surface area contributed by atoms with Gasteiger partial charge in [0, 0.05) is 12.5 Å². The van der Waals surface area contributed by atoms with Crippen LogP contribution in [0.1, 0.15) is 34.6 Å². The van der Waals surface area contributed by atoms with Crippen LogP contribution in [0.2, 0.25) is 0 Å². The fourth-order valence-electron chi connectivity index (χ4n) is 3.17. The molecule has 0 saturated heterocycles. The molecule has 1 heterocycles. The molecule has 0 N–H and O–H groups in total. The number of hydrogen-bond acceptors (Lipinski definition) is 1. The third-order valence-electron chi connectivity index (χ3n) is 5.00. The summed E-state index contributed by atoms with van der Waals surface area (Å²) in [6.07, 6.45) is 9.01. The molecule has 5 heteroatoms. The molecule has 0 spiro atoms. The Kier molecular flexibility index (Phi) is 10.1. The van der Waals surface area contributed by atoms with E-state index in [4.69, 9.17) is 0 Å². The Morgan fingerprint density at radius 2 is 1.70 bits per heavy atom. The van der Waals surface area contributed by atoms with Gasteiger partial charge in [-0.15, -0.1) is 19.1 Å². The molecule has 1 aromatic heterocycles. The van der Waals surface area contributed by atoms with E-state index in [2.05, 4.69) is 82.1 Å². The van der Waals surface area contributed by atoms with Crippen LogP contribution < -0.4 is 24.8 Å². The van der Waals surface area contributed by atoms with Crippen LogP contribution in [-0.4, -0.2) is 9.55 Å². The molecule has 0 radical (unpaired) electrons. The van der Waals surface area contributed by atoms with Crippen molar-refractivity contribution in [3.63, 3.8) is 0 Å². The van der Waals surface area contributed by atoms with Crippen molar-refractivity contribution in [3.8, 4) is 5.69 Å². The van der Waals surface area contributed by atoms with Crippen LogP contribution in [0.3, 0.4) is 0 Å². The second kappa shape index (κ2) is 10.5. The molecule has 27 heavy (non-hydrogen) atoms. The summed E-state index contributed by atoms with van der Waals surface area (Å²) in [5.74, 6) is 0. The largest absolute Gasteiger partial charge is 4.00 e. The van der Waals surface area contributed by atoms with Crippen molar-refractivity contribution >= 4 is 10.8 Å². The predicted octanol–water partition coefficient (Wildman–Crippen LogP) is -0.138.